The molecule has 1 aromatic rings. The third-order valence-corrected chi connectivity index (χ3v) is 5.23. The minimum absolute atomic E-state index is 0.0731. The number of aromatic nitrogens is 1. The van der Waals surface area contributed by atoms with E-state index in [1.807, 2.05) is 0 Å². The summed E-state index contributed by atoms with van der Waals surface area (Å²) in [5, 5.41) is 14.2. The number of hydrogen-bond donors (Lipinski definition) is 2. The first-order valence-corrected chi connectivity index (χ1v) is 8.99. The summed E-state index contributed by atoms with van der Waals surface area (Å²) in [5.74, 6) is -0.368. The minimum atomic E-state index is -0.710. The third kappa shape index (κ3) is 4.25. The van der Waals surface area contributed by atoms with E-state index in [1.54, 1.807) is 0 Å². The topological polar surface area (TPSA) is 114 Å². The first-order valence-electron chi connectivity index (χ1n) is 8.99. The van der Waals surface area contributed by atoms with E-state index in [0.717, 1.165) is 32.1 Å². The monoisotopic (exact) mass is 347 g/mol. The normalized spacial score (nSPS) is 22.5. The number of piperidine rings is 1. The molecule has 3 rings (SSSR count). The number of carbonyl (C=O) groups excluding carboxylic acids is 1. The number of nitrogens with one attached hydrogen (secondary N) is 1. The molecule has 0 spiro atoms. The average Bonchev–Trinajstić information content (AvgIpc) is 2.62. The number of nitrogens with two attached hydrogens (primary N) is 1. The van der Waals surface area contributed by atoms with Gasteiger partial charge < -0.3 is 11.1 Å². The SMILES string of the molecule is NC(=O)c1cc([N+](=O)[O-])cnc1NC1CCCN(C2CCCCC2)C1. The molecule has 1 aromatic heterocycles. The van der Waals surface area contributed by atoms with Crippen molar-refractivity contribution >= 4 is 17.4 Å². The maximum Gasteiger partial charge on any atom is 0.288 e. The van der Waals surface area contributed by atoms with Crippen LogP contribution in [-0.4, -0.2) is 45.9 Å². The standard InChI is InChI=1S/C17H25N5O3/c18-16(23)15-9-14(22(24)25)10-19-17(15)20-12-5-4-8-21(11-12)13-6-2-1-3-7-13/h9-10,12-13H,1-8,11H2,(H2,18,23)(H,19,20). The van der Waals surface area contributed by atoms with Crippen LogP contribution in [0.15, 0.2) is 12.3 Å². The summed E-state index contributed by atoms with van der Waals surface area (Å²) >= 11 is 0. The zero-order chi connectivity index (χ0) is 17.8. The number of likely N-dealkylation sites (tertiary alicyclic amines) is 1. The van der Waals surface area contributed by atoms with Crippen LogP contribution in [0.1, 0.15) is 55.3 Å². The number of pyridine rings is 1. The van der Waals surface area contributed by atoms with E-state index >= 15 is 0 Å². The molecule has 2 fully saturated rings. The van der Waals surface area contributed by atoms with Crippen molar-refractivity contribution in [3.63, 3.8) is 0 Å². The molecule has 1 amide bonds. The van der Waals surface area contributed by atoms with Crippen molar-refractivity contribution in [1.29, 1.82) is 0 Å². The van der Waals surface area contributed by atoms with Crippen LogP contribution in [0, 0.1) is 10.1 Å². The molecular formula is C17H25N5O3. The number of primary amides is 1. The Hall–Kier alpha value is -2.22. The highest BCUT2D eigenvalue weighted by Crippen LogP contribution is 2.27. The number of rotatable bonds is 5. The van der Waals surface area contributed by atoms with Crippen LogP contribution in [0.5, 0.6) is 0 Å². The van der Waals surface area contributed by atoms with Gasteiger partial charge in [-0.2, -0.15) is 0 Å². The summed E-state index contributed by atoms with van der Waals surface area (Å²) in [6.45, 7) is 2.01. The molecule has 0 radical (unpaired) electrons. The first-order chi connectivity index (χ1) is 12.0. The maximum absolute atomic E-state index is 11.7. The highest BCUT2D eigenvalue weighted by atomic mass is 16.6. The van der Waals surface area contributed by atoms with Gasteiger partial charge in [0.25, 0.3) is 11.6 Å². The third-order valence-electron chi connectivity index (χ3n) is 5.23. The Kier molecular flexibility index (Phi) is 5.47. The fourth-order valence-corrected chi connectivity index (χ4v) is 3.95. The molecule has 8 nitrogen and oxygen atoms in total. The van der Waals surface area contributed by atoms with E-state index in [-0.39, 0.29) is 17.3 Å². The van der Waals surface area contributed by atoms with Crippen LogP contribution in [0.4, 0.5) is 11.5 Å². The molecule has 2 aliphatic rings. The van der Waals surface area contributed by atoms with E-state index in [2.05, 4.69) is 15.2 Å². The van der Waals surface area contributed by atoms with Gasteiger partial charge in [0, 0.05) is 24.7 Å². The smallest absolute Gasteiger partial charge is 0.288 e. The fourth-order valence-electron chi connectivity index (χ4n) is 3.95. The highest BCUT2D eigenvalue weighted by Gasteiger charge is 2.28. The lowest BCUT2D eigenvalue weighted by Crippen LogP contribution is -2.48. The molecule has 1 saturated carbocycles. The fraction of sp³-hybridized carbons (Fsp3) is 0.647. The van der Waals surface area contributed by atoms with Crippen LogP contribution < -0.4 is 11.1 Å². The van der Waals surface area contributed by atoms with Crippen molar-refractivity contribution in [2.45, 2.75) is 57.0 Å². The van der Waals surface area contributed by atoms with Gasteiger partial charge in [-0.1, -0.05) is 19.3 Å². The Morgan fingerprint density at radius 3 is 2.72 bits per heavy atom. The molecule has 3 N–H and O–H groups in total. The predicted octanol–water partition coefficient (Wildman–Crippen LogP) is 2.30. The summed E-state index contributed by atoms with van der Waals surface area (Å²) in [6.07, 6.45) is 9.69. The van der Waals surface area contributed by atoms with Crippen molar-refractivity contribution < 1.29 is 9.72 Å². The lowest BCUT2D eigenvalue weighted by molar-refractivity contribution is -0.385. The van der Waals surface area contributed by atoms with Gasteiger partial charge in [-0.25, -0.2) is 4.98 Å². The van der Waals surface area contributed by atoms with E-state index < -0.39 is 10.8 Å². The molecule has 0 bridgehead atoms. The Bertz CT molecular complexity index is 645. The summed E-state index contributed by atoms with van der Waals surface area (Å²) < 4.78 is 0. The van der Waals surface area contributed by atoms with Crippen molar-refractivity contribution in [1.82, 2.24) is 9.88 Å². The second-order valence-corrected chi connectivity index (χ2v) is 6.98. The quantitative estimate of drug-likeness (QED) is 0.624. The van der Waals surface area contributed by atoms with Crippen molar-refractivity contribution in [3.8, 4) is 0 Å². The van der Waals surface area contributed by atoms with Gasteiger partial charge in [-0.05, 0) is 32.2 Å². The number of anilines is 1. The lowest BCUT2D eigenvalue weighted by atomic mass is 9.92. The predicted molar refractivity (Wildman–Crippen MR) is 94.5 cm³/mol. The minimum Gasteiger partial charge on any atom is -0.365 e. The van der Waals surface area contributed by atoms with Crippen molar-refractivity contribution in [2.75, 3.05) is 18.4 Å². The molecule has 0 aromatic carbocycles. The summed E-state index contributed by atoms with van der Waals surface area (Å²) in [5.41, 5.74) is 5.22. The van der Waals surface area contributed by atoms with Gasteiger partial charge in [0.2, 0.25) is 0 Å². The number of nitrogens with zero attached hydrogens (tertiary/aromatic N) is 3. The summed E-state index contributed by atoms with van der Waals surface area (Å²) in [4.78, 5) is 28.6. The lowest BCUT2D eigenvalue weighted by Gasteiger charge is -2.40. The number of hydrogen-bond acceptors (Lipinski definition) is 6. The number of amides is 1. The highest BCUT2D eigenvalue weighted by molar-refractivity contribution is 5.98. The van der Waals surface area contributed by atoms with Crippen molar-refractivity contribution in [3.05, 3.63) is 27.9 Å². The molecular weight excluding hydrogens is 322 g/mol. The number of nitro groups is 1. The van der Waals surface area contributed by atoms with Crippen LogP contribution in [0.2, 0.25) is 0 Å². The van der Waals surface area contributed by atoms with E-state index in [1.165, 1.54) is 38.2 Å². The molecule has 1 aliphatic heterocycles. The van der Waals surface area contributed by atoms with Gasteiger partial charge >= 0.3 is 0 Å². The molecule has 1 aliphatic carbocycles. The second-order valence-electron chi connectivity index (χ2n) is 6.98. The van der Waals surface area contributed by atoms with Crippen LogP contribution in [0.3, 0.4) is 0 Å². The van der Waals surface area contributed by atoms with Gasteiger partial charge in [0.1, 0.15) is 12.0 Å². The summed E-state index contributed by atoms with van der Waals surface area (Å²) in [6, 6.07) is 2.01. The Labute approximate surface area is 146 Å². The first kappa shape index (κ1) is 17.6. The Morgan fingerprint density at radius 1 is 1.28 bits per heavy atom. The second kappa shape index (κ2) is 7.77. The van der Waals surface area contributed by atoms with E-state index in [9.17, 15) is 14.9 Å². The van der Waals surface area contributed by atoms with Crippen LogP contribution >= 0.6 is 0 Å². The largest absolute Gasteiger partial charge is 0.365 e. The zero-order valence-corrected chi connectivity index (χ0v) is 14.3. The molecule has 1 unspecified atom stereocenters. The maximum atomic E-state index is 11.7. The van der Waals surface area contributed by atoms with Crippen LogP contribution in [-0.2, 0) is 0 Å². The van der Waals surface area contributed by atoms with Crippen LogP contribution in [0.25, 0.3) is 0 Å². The number of carbonyl (C=O) groups is 1. The Balaban J connectivity index is 1.70. The molecule has 2 heterocycles. The molecule has 1 saturated heterocycles. The molecule has 25 heavy (non-hydrogen) atoms. The van der Waals surface area contributed by atoms with Gasteiger partial charge in [-0.3, -0.25) is 19.8 Å². The molecule has 136 valence electrons. The molecule has 1 atom stereocenters. The van der Waals surface area contributed by atoms with E-state index in [0.29, 0.717) is 11.9 Å². The Morgan fingerprint density at radius 2 is 2.04 bits per heavy atom. The van der Waals surface area contributed by atoms with Gasteiger partial charge in [-0.15, -0.1) is 0 Å². The van der Waals surface area contributed by atoms with Gasteiger partial charge in [0.05, 0.1) is 10.5 Å². The van der Waals surface area contributed by atoms with E-state index in [4.69, 9.17) is 5.73 Å². The van der Waals surface area contributed by atoms with Crippen molar-refractivity contribution in [2.24, 2.45) is 5.73 Å². The molecule has 8 heteroatoms. The zero-order valence-electron chi connectivity index (χ0n) is 14.3. The van der Waals surface area contributed by atoms with Gasteiger partial charge in [0.15, 0.2) is 0 Å². The summed E-state index contributed by atoms with van der Waals surface area (Å²) in [7, 11) is 0. The average molecular weight is 347 g/mol.